The van der Waals surface area contributed by atoms with Crippen LogP contribution >= 0.6 is 15.9 Å². The van der Waals surface area contributed by atoms with Crippen molar-refractivity contribution in [2.24, 2.45) is 7.05 Å². The smallest absolute Gasteiger partial charge is 0.242 e. The molecule has 7 nitrogen and oxygen atoms in total. The lowest BCUT2D eigenvalue weighted by Crippen LogP contribution is -2.09. The molecule has 2 aromatic carbocycles. The first-order valence-corrected chi connectivity index (χ1v) is 8.88. The summed E-state index contributed by atoms with van der Waals surface area (Å²) < 4.78 is 14.1. The molecule has 3 rings (SSSR count). The van der Waals surface area contributed by atoms with Crippen molar-refractivity contribution in [1.29, 1.82) is 0 Å². The van der Waals surface area contributed by atoms with Crippen molar-refractivity contribution in [3.05, 3.63) is 57.6 Å². The van der Waals surface area contributed by atoms with E-state index in [-0.39, 0.29) is 0 Å². The zero-order chi connectivity index (χ0) is 18.5. The molecule has 1 heterocycles. The lowest BCUT2D eigenvalue weighted by Gasteiger charge is -2.17. The van der Waals surface area contributed by atoms with Gasteiger partial charge in [-0.2, -0.15) is 0 Å². The molecule has 0 radical (unpaired) electrons. The highest BCUT2D eigenvalue weighted by Gasteiger charge is 2.16. The number of halogens is 1. The van der Waals surface area contributed by atoms with Crippen LogP contribution in [0.5, 0.6) is 11.5 Å². The number of ether oxygens (including phenoxy) is 2. The summed E-state index contributed by atoms with van der Waals surface area (Å²) in [5.74, 6) is 1.94. The Bertz CT molecular complexity index is 897. The molecule has 1 N–H and O–H groups in total. The summed E-state index contributed by atoms with van der Waals surface area (Å²) in [6, 6.07) is 12.0. The van der Waals surface area contributed by atoms with Crippen LogP contribution in [0, 0.1) is 6.92 Å². The van der Waals surface area contributed by atoms with Gasteiger partial charge in [0.1, 0.15) is 6.61 Å². The lowest BCUT2D eigenvalue weighted by molar-refractivity contribution is 0.281. The molecule has 1 aromatic heterocycles. The van der Waals surface area contributed by atoms with Gasteiger partial charge >= 0.3 is 0 Å². The quantitative estimate of drug-likeness (QED) is 0.634. The molecule has 0 saturated heterocycles. The first-order chi connectivity index (χ1) is 12.6. The molecule has 0 spiro atoms. The standard InChI is InChI=1S/C18H20BrN5O2/c1-12-6-4-5-7-13(12)11-26-17-14(15(19)8-9-16(17)25-3)10-20-18-21-22-23-24(18)2/h4-9H,10-11H2,1-3H3,(H,20,21,23). The van der Waals surface area contributed by atoms with Crippen molar-refractivity contribution in [2.75, 3.05) is 12.4 Å². The minimum Gasteiger partial charge on any atom is -0.493 e. The molecule has 136 valence electrons. The first kappa shape index (κ1) is 18.2. The molecule has 0 aliphatic heterocycles. The van der Waals surface area contributed by atoms with Crippen molar-refractivity contribution in [2.45, 2.75) is 20.1 Å². The predicted molar refractivity (Wildman–Crippen MR) is 102 cm³/mol. The Morgan fingerprint density at radius 1 is 1.19 bits per heavy atom. The summed E-state index contributed by atoms with van der Waals surface area (Å²) >= 11 is 3.60. The van der Waals surface area contributed by atoms with Gasteiger partial charge in [-0.15, -0.1) is 0 Å². The topological polar surface area (TPSA) is 74.1 Å². The Hall–Kier alpha value is -2.61. The van der Waals surface area contributed by atoms with Crippen LogP contribution < -0.4 is 14.8 Å². The van der Waals surface area contributed by atoms with Gasteiger partial charge in [-0.25, -0.2) is 4.68 Å². The van der Waals surface area contributed by atoms with Gasteiger partial charge in [0.15, 0.2) is 11.5 Å². The molecule has 0 aliphatic rings. The van der Waals surface area contributed by atoms with E-state index in [4.69, 9.17) is 9.47 Å². The minimum absolute atomic E-state index is 0.456. The number of nitrogens with zero attached hydrogens (tertiary/aromatic N) is 4. The van der Waals surface area contributed by atoms with Crippen molar-refractivity contribution in [3.63, 3.8) is 0 Å². The number of rotatable bonds is 7. The molecular weight excluding hydrogens is 398 g/mol. The van der Waals surface area contributed by atoms with Gasteiger partial charge in [0, 0.05) is 23.6 Å². The largest absolute Gasteiger partial charge is 0.493 e. The van der Waals surface area contributed by atoms with Crippen LogP contribution in [0.25, 0.3) is 0 Å². The number of tetrazole rings is 1. The molecule has 26 heavy (non-hydrogen) atoms. The van der Waals surface area contributed by atoms with E-state index in [1.165, 1.54) is 5.56 Å². The number of aromatic nitrogens is 4. The number of aryl methyl sites for hydroxylation is 2. The Kier molecular flexibility index (Phi) is 5.72. The van der Waals surface area contributed by atoms with E-state index in [1.54, 1.807) is 18.8 Å². The van der Waals surface area contributed by atoms with Gasteiger partial charge < -0.3 is 14.8 Å². The highest BCUT2D eigenvalue weighted by atomic mass is 79.9. The third-order valence-electron chi connectivity index (χ3n) is 4.06. The average Bonchev–Trinajstić information content (AvgIpc) is 3.05. The molecule has 0 aliphatic carbocycles. The number of hydrogen-bond donors (Lipinski definition) is 1. The summed E-state index contributed by atoms with van der Waals surface area (Å²) in [4.78, 5) is 0. The molecule has 0 saturated carbocycles. The average molecular weight is 418 g/mol. The van der Waals surface area contributed by atoms with E-state index in [0.29, 0.717) is 30.6 Å². The third-order valence-corrected chi connectivity index (χ3v) is 4.81. The van der Waals surface area contributed by atoms with Crippen molar-refractivity contribution < 1.29 is 9.47 Å². The fourth-order valence-electron chi connectivity index (χ4n) is 2.53. The van der Waals surface area contributed by atoms with E-state index in [9.17, 15) is 0 Å². The first-order valence-electron chi connectivity index (χ1n) is 8.09. The molecule has 0 fully saturated rings. The summed E-state index contributed by atoms with van der Waals surface area (Å²) in [6.45, 7) is 3.01. The maximum atomic E-state index is 6.15. The molecule has 0 unspecified atom stereocenters. The fraction of sp³-hybridized carbons (Fsp3) is 0.278. The van der Waals surface area contributed by atoms with Crippen LogP contribution in [-0.4, -0.2) is 27.3 Å². The van der Waals surface area contributed by atoms with Crippen LogP contribution in [-0.2, 0) is 20.2 Å². The van der Waals surface area contributed by atoms with Crippen LogP contribution in [0.2, 0.25) is 0 Å². The second-order valence-electron chi connectivity index (χ2n) is 5.75. The third kappa shape index (κ3) is 3.96. The van der Waals surface area contributed by atoms with E-state index in [0.717, 1.165) is 15.6 Å². The number of anilines is 1. The highest BCUT2D eigenvalue weighted by Crippen LogP contribution is 2.37. The van der Waals surface area contributed by atoms with Gasteiger partial charge in [0.2, 0.25) is 5.95 Å². The summed E-state index contributed by atoms with van der Waals surface area (Å²) in [5, 5.41) is 14.6. The number of methoxy groups -OCH3 is 1. The van der Waals surface area contributed by atoms with Gasteiger partial charge in [0.05, 0.1) is 7.11 Å². The molecule has 0 atom stereocenters. The normalized spacial score (nSPS) is 10.6. The van der Waals surface area contributed by atoms with Gasteiger partial charge in [0.25, 0.3) is 0 Å². The summed E-state index contributed by atoms with van der Waals surface area (Å²) in [7, 11) is 3.41. The van der Waals surface area contributed by atoms with Gasteiger partial charge in [-0.05, 0) is 40.6 Å². The number of benzene rings is 2. The number of nitrogens with one attached hydrogen (secondary N) is 1. The van der Waals surface area contributed by atoms with Crippen molar-refractivity contribution in [1.82, 2.24) is 20.2 Å². The highest BCUT2D eigenvalue weighted by molar-refractivity contribution is 9.10. The van der Waals surface area contributed by atoms with E-state index >= 15 is 0 Å². The second kappa shape index (κ2) is 8.18. The monoisotopic (exact) mass is 417 g/mol. The SMILES string of the molecule is COc1ccc(Br)c(CNc2nnnn2C)c1OCc1ccccc1C. The van der Waals surface area contributed by atoms with Crippen LogP contribution in [0.1, 0.15) is 16.7 Å². The zero-order valence-electron chi connectivity index (χ0n) is 14.9. The molecule has 3 aromatic rings. The number of hydrogen-bond acceptors (Lipinski definition) is 6. The van der Waals surface area contributed by atoms with E-state index < -0.39 is 0 Å². The Morgan fingerprint density at radius 3 is 2.69 bits per heavy atom. The van der Waals surface area contributed by atoms with Gasteiger partial charge in [-0.1, -0.05) is 45.3 Å². The molecular formula is C18H20BrN5O2. The molecule has 0 amide bonds. The summed E-state index contributed by atoms with van der Waals surface area (Å²) in [5.41, 5.74) is 3.25. The van der Waals surface area contributed by atoms with Crippen molar-refractivity contribution in [3.8, 4) is 11.5 Å². The van der Waals surface area contributed by atoms with E-state index in [2.05, 4.69) is 55.8 Å². The van der Waals surface area contributed by atoms with Crippen molar-refractivity contribution >= 4 is 21.9 Å². The molecule has 8 heteroatoms. The Balaban J connectivity index is 1.85. The van der Waals surface area contributed by atoms with Crippen LogP contribution in [0.15, 0.2) is 40.9 Å². The second-order valence-corrected chi connectivity index (χ2v) is 6.61. The predicted octanol–water partition coefficient (Wildman–Crippen LogP) is 3.48. The van der Waals surface area contributed by atoms with Gasteiger partial charge in [-0.3, -0.25) is 0 Å². The van der Waals surface area contributed by atoms with E-state index in [1.807, 2.05) is 24.3 Å². The lowest BCUT2D eigenvalue weighted by atomic mass is 10.1. The Morgan fingerprint density at radius 2 is 2.00 bits per heavy atom. The Labute approximate surface area is 160 Å². The summed E-state index contributed by atoms with van der Waals surface area (Å²) in [6.07, 6.45) is 0. The fourth-order valence-corrected chi connectivity index (χ4v) is 2.99. The molecule has 0 bridgehead atoms. The maximum absolute atomic E-state index is 6.15. The zero-order valence-corrected chi connectivity index (χ0v) is 16.4. The van der Waals surface area contributed by atoms with Crippen LogP contribution in [0.4, 0.5) is 5.95 Å². The minimum atomic E-state index is 0.456. The van der Waals surface area contributed by atoms with Crippen LogP contribution in [0.3, 0.4) is 0 Å². The maximum Gasteiger partial charge on any atom is 0.242 e.